The fourth-order valence-electron chi connectivity index (χ4n) is 8.00. The van der Waals surface area contributed by atoms with Gasteiger partial charge >= 0.3 is 5.97 Å². The highest BCUT2D eigenvalue weighted by Gasteiger charge is 2.74. The van der Waals surface area contributed by atoms with Gasteiger partial charge in [0.05, 0.1) is 30.7 Å². The molecule has 2 saturated heterocycles. The van der Waals surface area contributed by atoms with Crippen LogP contribution in [0.4, 0.5) is 0 Å². The number of ether oxygens (including phenoxy) is 2. The summed E-state index contributed by atoms with van der Waals surface area (Å²) in [6.45, 7) is 9.91. The summed E-state index contributed by atoms with van der Waals surface area (Å²) in [5.41, 5.74) is -0.652. The number of likely N-dealkylation sites (N-methyl/N-ethyl adjacent to an activating group) is 1. The minimum Gasteiger partial charge on any atom is -0.455 e. The van der Waals surface area contributed by atoms with Gasteiger partial charge in [0.2, 0.25) is 17.7 Å². The van der Waals surface area contributed by atoms with Crippen molar-refractivity contribution in [1.82, 2.24) is 14.7 Å². The number of benzene rings is 1. The third kappa shape index (κ3) is 6.38. The number of aliphatic hydroxyl groups excluding tert-OH is 1. The summed E-state index contributed by atoms with van der Waals surface area (Å²) in [5.74, 6) is -3.22. The van der Waals surface area contributed by atoms with Crippen LogP contribution < -0.4 is 0 Å². The third-order valence-electron chi connectivity index (χ3n) is 10.5. The molecule has 1 unspecified atom stereocenters. The highest BCUT2D eigenvalue weighted by molar-refractivity contribution is 5.99. The number of hydrogen-bond donors (Lipinski definition) is 1. The van der Waals surface area contributed by atoms with E-state index in [-0.39, 0.29) is 42.7 Å². The summed E-state index contributed by atoms with van der Waals surface area (Å²) >= 11 is 0. The Morgan fingerprint density at radius 3 is 2.43 bits per heavy atom. The number of cyclic esters (lactones) is 1. The van der Waals surface area contributed by atoms with E-state index in [1.165, 1.54) is 4.90 Å². The van der Waals surface area contributed by atoms with Crippen molar-refractivity contribution in [2.45, 2.75) is 109 Å². The van der Waals surface area contributed by atoms with Crippen molar-refractivity contribution < 1.29 is 33.8 Å². The van der Waals surface area contributed by atoms with Crippen molar-refractivity contribution in [3.63, 3.8) is 0 Å². The van der Waals surface area contributed by atoms with Crippen molar-refractivity contribution in [3.05, 3.63) is 60.2 Å². The number of nitrogens with zero attached hydrogens (tertiary/aromatic N) is 3. The van der Waals surface area contributed by atoms with Crippen molar-refractivity contribution in [2.24, 2.45) is 17.8 Å². The summed E-state index contributed by atoms with van der Waals surface area (Å²) < 4.78 is 12.9. The van der Waals surface area contributed by atoms with E-state index in [1.54, 1.807) is 29.0 Å². The zero-order valence-electron chi connectivity index (χ0n) is 28.6. The van der Waals surface area contributed by atoms with Crippen LogP contribution in [0.25, 0.3) is 0 Å². The molecule has 5 rings (SSSR count). The molecular formula is C37H51N3O7. The largest absolute Gasteiger partial charge is 0.455 e. The average Bonchev–Trinajstić information content (AvgIpc) is 3.70. The van der Waals surface area contributed by atoms with E-state index in [4.69, 9.17) is 9.47 Å². The van der Waals surface area contributed by atoms with Gasteiger partial charge in [-0.3, -0.25) is 19.2 Å². The first-order valence-electron chi connectivity index (χ1n) is 17.2. The number of aliphatic hydroxyl groups is 1. The van der Waals surface area contributed by atoms with Crippen LogP contribution >= 0.6 is 0 Å². The molecule has 1 N–H and O–H groups in total. The van der Waals surface area contributed by atoms with Crippen LogP contribution in [-0.4, -0.2) is 99.6 Å². The van der Waals surface area contributed by atoms with E-state index in [2.05, 4.69) is 6.92 Å². The first kappa shape index (κ1) is 34.8. The van der Waals surface area contributed by atoms with Gasteiger partial charge in [-0.25, -0.2) is 0 Å². The molecule has 0 radical (unpaired) electrons. The summed E-state index contributed by atoms with van der Waals surface area (Å²) in [6, 6.07) is 6.96. The van der Waals surface area contributed by atoms with Gasteiger partial charge in [-0.2, -0.15) is 0 Å². The van der Waals surface area contributed by atoms with E-state index < -0.39 is 53.7 Å². The Morgan fingerprint density at radius 1 is 1.04 bits per heavy atom. The number of carbonyl (C=O) groups excluding carboxylic acids is 4. The summed E-state index contributed by atoms with van der Waals surface area (Å²) in [5, 5.41) is 10.6. The fraction of sp³-hybridized carbons (Fsp3) is 0.622. The second-order valence-corrected chi connectivity index (χ2v) is 14.1. The van der Waals surface area contributed by atoms with Gasteiger partial charge in [-0.05, 0) is 44.6 Å². The molecule has 1 aromatic carbocycles. The monoisotopic (exact) mass is 649 g/mol. The van der Waals surface area contributed by atoms with Gasteiger partial charge in [0.1, 0.15) is 23.7 Å². The van der Waals surface area contributed by atoms with Crippen LogP contribution in [0.1, 0.15) is 78.4 Å². The molecule has 1 aromatic rings. The van der Waals surface area contributed by atoms with Crippen molar-refractivity contribution in [2.75, 3.05) is 20.2 Å². The maximum atomic E-state index is 14.9. The second-order valence-electron chi connectivity index (χ2n) is 14.1. The SMILES string of the molecule is CCCC(C)N1C/C=C\CCC(=O)N(C)[C@H](C)[C@@H](c2ccccc2)OC(=O)[C@@H]2[C@@H]3C=C[C@]4(O3)[C@H](C1=O)N([C@@H](CO)CC(C)C)C(=O)[C@@H]24. The quantitative estimate of drug-likeness (QED) is 0.334. The van der Waals surface area contributed by atoms with Crippen molar-refractivity contribution >= 4 is 23.7 Å². The maximum absolute atomic E-state index is 14.9. The number of hydrogen-bond acceptors (Lipinski definition) is 7. The van der Waals surface area contributed by atoms with E-state index in [9.17, 15) is 24.3 Å². The van der Waals surface area contributed by atoms with Crippen LogP contribution in [0.15, 0.2) is 54.6 Å². The molecule has 5 bridgehead atoms. The normalized spacial score (nSPS) is 33.4. The van der Waals surface area contributed by atoms with Gasteiger partial charge in [0.25, 0.3) is 0 Å². The topological polar surface area (TPSA) is 117 Å². The lowest BCUT2D eigenvalue weighted by atomic mass is 9.74. The second kappa shape index (κ2) is 14.3. The molecule has 3 amide bonds. The summed E-state index contributed by atoms with van der Waals surface area (Å²) in [7, 11) is 1.71. The molecule has 4 aliphatic rings. The molecule has 0 aliphatic carbocycles. The molecule has 10 nitrogen and oxygen atoms in total. The highest BCUT2D eigenvalue weighted by atomic mass is 16.6. The molecule has 2 fully saturated rings. The Morgan fingerprint density at radius 2 is 1.77 bits per heavy atom. The highest BCUT2D eigenvalue weighted by Crippen LogP contribution is 2.56. The van der Waals surface area contributed by atoms with E-state index in [0.29, 0.717) is 19.4 Å². The molecule has 1 spiro atoms. The maximum Gasteiger partial charge on any atom is 0.313 e. The predicted molar refractivity (Wildman–Crippen MR) is 177 cm³/mol. The smallest absolute Gasteiger partial charge is 0.313 e. The van der Waals surface area contributed by atoms with Crippen LogP contribution in [-0.2, 0) is 28.7 Å². The molecule has 4 aliphatic heterocycles. The van der Waals surface area contributed by atoms with Gasteiger partial charge < -0.3 is 29.3 Å². The summed E-state index contributed by atoms with van der Waals surface area (Å²) in [4.78, 5) is 62.1. The van der Waals surface area contributed by atoms with Crippen LogP contribution in [0.5, 0.6) is 0 Å². The van der Waals surface area contributed by atoms with Crippen molar-refractivity contribution in [1.29, 1.82) is 0 Å². The number of rotatable bonds is 8. The lowest BCUT2D eigenvalue weighted by molar-refractivity contribution is -0.164. The lowest BCUT2D eigenvalue weighted by Gasteiger charge is -2.40. The number of likely N-dealkylation sites (tertiary alicyclic amines) is 1. The minimum absolute atomic E-state index is 0.0917. The summed E-state index contributed by atoms with van der Waals surface area (Å²) in [6.07, 6.45) is 8.69. The van der Waals surface area contributed by atoms with Crippen LogP contribution in [0.3, 0.4) is 0 Å². The van der Waals surface area contributed by atoms with Gasteiger partial charge in [-0.1, -0.05) is 81.8 Å². The molecular weight excluding hydrogens is 598 g/mol. The van der Waals surface area contributed by atoms with Crippen molar-refractivity contribution in [3.8, 4) is 0 Å². The molecule has 9 atom stereocenters. The minimum atomic E-state index is -1.38. The Bertz CT molecular complexity index is 1380. The van der Waals surface area contributed by atoms with Crippen LogP contribution in [0.2, 0.25) is 0 Å². The molecule has 47 heavy (non-hydrogen) atoms. The van der Waals surface area contributed by atoms with Gasteiger partial charge in [-0.15, -0.1) is 0 Å². The molecule has 4 heterocycles. The lowest BCUT2D eigenvalue weighted by Crippen LogP contribution is -2.60. The first-order chi connectivity index (χ1) is 22.5. The number of amides is 3. The average molecular weight is 650 g/mol. The molecule has 0 saturated carbocycles. The standard InChI is InChI=1S/C37H51N3O7/c1-7-14-24(4)39-20-13-9-12-17-29(42)38(6)25(5)32(26-15-10-8-11-16-26)46-36(45)30-28-18-19-37(47-28)31(30)34(43)40(33(37)35(39)44)27(22-41)21-23(2)3/h8-11,13,15-16,18-19,23-25,27-28,30-33,41H,7,12,14,17,20-22H2,1-6H3/b13-9-/t24?,25-,27-,28+,30-,31-,32+,33+,37-/m1/s1. The first-order valence-corrected chi connectivity index (χ1v) is 17.2. The fourth-order valence-corrected chi connectivity index (χ4v) is 8.00. The Kier molecular flexibility index (Phi) is 10.6. The number of allylic oxidation sites excluding steroid dienone is 1. The molecule has 256 valence electrons. The Hall–Kier alpha value is -3.50. The molecule has 10 heteroatoms. The third-order valence-corrected chi connectivity index (χ3v) is 10.5. The van der Waals surface area contributed by atoms with E-state index in [1.807, 2.05) is 70.2 Å². The zero-order chi connectivity index (χ0) is 34.0. The van der Waals surface area contributed by atoms with Crippen LogP contribution in [0, 0.1) is 17.8 Å². The number of esters is 1. The Labute approximate surface area is 278 Å². The number of fused-ring (bicyclic) bond motifs is 2. The zero-order valence-corrected chi connectivity index (χ0v) is 28.6. The number of carbonyl (C=O) groups is 4. The molecule has 0 aromatic heterocycles. The van der Waals surface area contributed by atoms with E-state index in [0.717, 1.165) is 18.4 Å². The van der Waals surface area contributed by atoms with Gasteiger partial charge in [0.15, 0.2) is 0 Å². The Balaban J connectivity index is 1.64. The van der Waals surface area contributed by atoms with Gasteiger partial charge in [0, 0.05) is 26.1 Å². The van der Waals surface area contributed by atoms with E-state index >= 15 is 0 Å². The predicted octanol–water partition coefficient (Wildman–Crippen LogP) is 4.04.